The molecule has 0 aliphatic carbocycles. The summed E-state index contributed by atoms with van der Waals surface area (Å²) in [5.41, 5.74) is 0. The van der Waals surface area contributed by atoms with E-state index in [0.717, 1.165) is 24.2 Å². The van der Waals surface area contributed by atoms with E-state index in [1.54, 1.807) is 0 Å². The van der Waals surface area contributed by atoms with E-state index in [2.05, 4.69) is 53.9 Å². The minimum Gasteiger partial charge on any atom is -0.416 e. The van der Waals surface area contributed by atoms with Crippen molar-refractivity contribution in [1.82, 2.24) is 0 Å². The third-order valence-corrected chi connectivity index (χ3v) is 31.7. The molecule has 0 unspecified atom stereocenters. The predicted molar refractivity (Wildman–Crippen MR) is 277 cm³/mol. The van der Waals surface area contributed by atoms with E-state index in [9.17, 15) is 0 Å². The van der Waals surface area contributed by atoms with Crippen molar-refractivity contribution in [1.29, 1.82) is 0 Å². The van der Waals surface area contributed by atoms with Crippen molar-refractivity contribution in [2.24, 2.45) is 0 Å². The zero-order valence-electron chi connectivity index (χ0n) is 42.7. The second-order valence-electron chi connectivity index (χ2n) is 20.8. The summed E-state index contributed by atoms with van der Waals surface area (Å²) < 4.78 is 30.6. The monoisotopic (exact) mass is 913 g/mol. The number of rotatable bonds is 44. The van der Waals surface area contributed by atoms with Crippen molar-refractivity contribution in [2.75, 3.05) is 0 Å². The summed E-state index contributed by atoms with van der Waals surface area (Å²) in [5.74, 6) is 0. The van der Waals surface area contributed by atoms with Gasteiger partial charge in [0.25, 0.3) is 0 Å². The normalized spacial score (nSPS) is 17.2. The molecule has 0 saturated carbocycles. The molecular weight excluding hydrogens is 801 g/mol. The van der Waals surface area contributed by atoms with Crippen molar-refractivity contribution in [3.8, 4) is 0 Å². The molecule has 0 aromatic heterocycles. The molecule has 1 heterocycles. The molecule has 60 heavy (non-hydrogen) atoms. The van der Waals surface area contributed by atoms with Gasteiger partial charge in [-0.15, -0.1) is 0 Å². The Morgan fingerprint density at radius 3 is 0.550 bits per heavy atom. The molecule has 0 aromatic rings. The van der Waals surface area contributed by atoms with Crippen molar-refractivity contribution in [2.45, 2.75) is 335 Å². The van der Waals surface area contributed by atoms with Crippen LogP contribution in [-0.2, 0) is 16.5 Å². The Morgan fingerprint density at radius 2 is 0.367 bits per heavy atom. The van der Waals surface area contributed by atoms with E-state index in [0.29, 0.717) is 0 Å². The maximum atomic E-state index is 8.09. The second-order valence-corrected chi connectivity index (χ2v) is 35.3. The van der Waals surface area contributed by atoms with E-state index in [1.807, 2.05) is 0 Å². The minimum absolute atomic E-state index is 1.15. The molecule has 1 rings (SSSR count). The first-order valence-electron chi connectivity index (χ1n) is 27.9. The van der Waals surface area contributed by atoms with Crippen LogP contribution in [0.25, 0.3) is 0 Å². The SMILES string of the molecule is CCCCCCCCCCCC[Si]1(CCCCCCCCCCCC)O[Si](C)(C)O[Si](C)(C)O[Si](CCCCCCCCCCCC)(CCCCCCCCCCCC)O1. The lowest BCUT2D eigenvalue weighted by atomic mass is 10.1. The van der Waals surface area contributed by atoms with Gasteiger partial charge in [-0.25, -0.2) is 0 Å². The smallest absolute Gasteiger partial charge is 0.320 e. The first kappa shape index (κ1) is 58.7. The van der Waals surface area contributed by atoms with E-state index in [4.69, 9.17) is 16.5 Å². The fourth-order valence-corrected chi connectivity index (χ4v) is 33.8. The molecule has 0 amide bonds. The van der Waals surface area contributed by atoms with Crippen LogP contribution in [0.1, 0.15) is 285 Å². The lowest BCUT2D eigenvalue weighted by molar-refractivity contribution is 0.218. The highest BCUT2D eigenvalue weighted by atomic mass is 28.5. The number of hydrogen-bond donors (Lipinski definition) is 0. The molecule has 360 valence electrons. The molecule has 1 aliphatic rings. The fraction of sp³-hybridized carbons (Fsp3) is 1.00. The molecule has 4 nitrogen and oxygen atoms in total. The lowest BCUT2D eigenvalue weighted by Crippen LogP contribution is -2.67. The Morgan fingerprint density at radius 1 is 0.200 bits per heavy atom. The summed E-state index contributed by atoms with van der Waals surface area (Å²) in [6.45, 7) is 18.6. The van der Waals surface area contributed by atoms with Gasteiger partial charge < -0.3 is 16.5 Å². The van der Waals surface area contributed by atoms with Gasteiger partial charge in [0.2, 0.25) is 0 Å². The third kappa shape index (κ3) is 33.2. The maximum Gasteiger partial charge on any atom is 0.320 e. The summed E-state index contributed by atoms with van der Waals surface area (Å²) in [5, 5.41) is 0. The molecular formula is C52H112O4Si4. The summed E-state index contributed by atoms with van der Waals surface area (Å²) in [4.78, 5) is 0. The minimum atomic E-state index is -2.58. The molecule has 0 spiro atoms. The fourth-order valence-electron chi connectivity index (χ4n) is 10.1. The maximum absolute atomic E-state index is 8.09. The van der Waals surface area contributed by atoms with Crippen molar-refractivity contribution in [3.63, 3.8) is 0 Å². The quantitative estimate of drug-likeness (QED) is 0.0451. The molecule has 0 atom stereocenters. The van der Waals surface area contributed by atoms with Crippen LogP contribution in [0.2, 0.25) is 50.4 Å². The van der Waals surface area contributed by atoms with Gasteiger partial charge in [0.1, 0.15) is 0 Å². The first-order chi connectivity index (χ1) is 29.1. The van der Waals surface area contributed by atoms with Crippen LogP contribution in [0, 0.1) is 0 Å². The van der Waals surface area contributed by atoms with Crippen molar-refractivity contribution in [3.05, 3.63) is 0 Å². The van der Waals surface area contributed by atoms with Gasteiger partial charge in [-0.2, -0.15) is 0 Å². The lowest BCUT2D eigenvalue weighted by Gasteiger charge is -2.51. The largest absolute Gasteiger partial charge is 0.416 e. The third-order valence-electron chi connectivity index (χ3n) is 13.4. The van der Waals surface area contributed by atoms with Gasteiger partial charge in [-0.1, -0.05) is 285 Å². The van der Waals surface area contributed by atoms with Crippen LogP contribution >= 0.6 is 0 Å². The highest BCUT2D eigenvalue weighted by Crippen LogP contribution is 2.41. The highest BCUT2D eigenvalue weighted by Gasteiger charge is 2.56. The van der Waals surface area contributed by atoms with Gasteiger partial charge in [-0.05, 0) is 50.4 Å². The van der Waals surface area contributed by atoms with E-state index >= 15 is 0 Å². The van der Waals surface area contributed by atoms with Gasteiger partial charge in [0.05, 0.1) is 0 Å². The van der Waals surface area contributed by atoms with Crippen LogP contribution in [-0.4, -0.2) is 34.2 Å². The van der Waals surface area contributed by atoms with Gasteiger partial charge in [-0.3, -0.25) is 0 Å². The Hall–Kier alpha value is 0.708. The summed E-state index contributed by atoms with van der Waals surface area (Å²) in [7, 11) is -10.0. The van der Waals surface area contributed by atoms with Crippen LogP contribution < -0.4 is 0 Å². The Kier molecular flexibility index (Phi) is 38.1. The number of unbranched alkanes of at least 4 members (excludes halogenated alkanes) is 36. The Bertz CT molecular complexity index is 800. The molecule has 1 fully saturated rings. The zero-order valence-corrected chi connectivity index (χ0v) is 46.7. The van der Waals surface area contributed by atoms with Crippen LogP contribution in [0.5, 0.6) is 0 Å². The summed E-state index contributed by atoms with van der Waals surface area (Å²) in [6.07, 6.45) is 55.0. The highest BCUT2D eigenvalue weighted by molar-refractivity contribution is 6.94. The van der Waals surface area contributed by atoms with Crippen LogP contribution in [0.15, 0.2) is 0 Å². The molecule has 1 saturated heterocycles. The Labute approximate surface area is 383 Å². The molecule has 1 aliphatic heterocycles. The first-order valence-corrected chi connectivity index (χ1v) is 38.0. The van der Waals surface area contributed by atoms with E-state index < -0.39 is 34.2 Å². The molecule has 0 radical (unpaired) electrons. The van der Waals surface area contributed by atoms with Crippen LogP contribution in [0.4, 0.5) is 0 Å². The average Bonchev–Trinajstić information content (AvgIpc) is 3.19. The predicted octanol–water partition coefficient (Wildman–Crippen LogP) is 20.0. The van der Waals surface area contributed by atoms with Crippen LogP contribution in [0.3, 0.4) is 0 Å². The Balaban J connectivity index is 3.16. The molecule has 8 heteroatoms. The topological polar surface area (TPSA) is 36.9 Å². The standard InChI is InChI=1S/C52H112O4Si4/c1-9-13-17-21-25-29-33-37-41-45-49-59(50-46-42-38-34-30-26-22-18-14-10-2)54-57(5,6)53-58(7,8)55-60(56-59,51-47-43-39-35-31-27-23-19-15-11-3)52-48-44-40-36-32-28-24-20-16-12-4/h9-52H2,1-8H3. The van der Waals surface area contributed by atoms with Crippen molar-refractivity contribution < 1.29 is 16.5 Å². The van der Waals surface area contributed by atoms with Crippen molar-refractivity contribution >= 4 is 34.2 Å². The molecule has 0 N–H and O–H groups in total. The molecule has 0 aromatic carbocycles. The van der Waals surface area contributed by atoms with E-state index in [-0.39, 0.29) is 0 Å². The van der Waals surface area contributed by atoms with Gasteiger partial charge >= 0.3 is 34.2 Å². The zero-order chi connectivity index (χ0) is 43.9. The van der Waals surface area contributed by atoms with Gasteiger partial charge in [0.15, 0.2) is 0 Å². The van der Waals surface area contributed by atoms with E-state index in [1.165, 1.54) is 257 Å². The number of hydrogen-bond acceptors (Lipinski definition) is 4. The average molecular weight is 914 g/mol. The summed E-state index contributed by atoms with van der Waals surface area (Å²) >= 11 is 0. The summed E-state index contributed by atoms with van der Waals surface area (Å²) in [6, 6.07) is 4.60. The molecule has 0 bridgehead atoms. The van der Waals surface area contributed by atoms with Gasteiger partial charge in [0, 0.05) is 0 Å². The second kappa shape index (κ2) is 38.9.